The molecule has 1 amide bonds. The van der Waals surface area contributed by atoms with Crippen LogP contribution in [0.2, 0.25) is 0 Å². The maximum absolute atomic E-state index is 13.7. The first-order valence-electron chi connectivity index (χ1n) is 12.3. The number of halogens is 1. The van der Waals surface area contributed by atoms with E-state index >= 15 is 0 Å². The second-order valence-corrected chi connectivity index (χ2v) is 12.6. The number of benzene rings is 1. The summed E-state index contributed by atoms with van der Waals surface area (Å²) in [5.74, 6) is 2.40. The lowest BCUT2D eigenvalue weighted by Crippen LogP contribution is -2.59. The van der Waals surface area contributed by atoms with Gasteiger partial charge in [-0.2, -0.15) is 0 Å². The molecule has 1 saturated heterocycles. The molecule has 188 valence electrons. The number of nitrogens with one attached hydrogen (secondary N) is 1. The summed E-state index contributed by atoms with van der Waals surface area (Å²) in [4.78, 5) is 17.5. The second kappa shape index (κ2) is 8.84. The van der Waals surface area contributed by atoms with Crippen LogP contribution >= 0.6 is 12.4 Å². The summed E-state index contributed by atoms with van der Waals surface area (Å²) in [6.45, 7) is 3.46. The molecule has 1 aromatic rings. The number of carbonyl (C=O) groups excluding carboxylic acids is 1. The summed E-state index contributed by atoms with van der Waals surface area (Å²) in [5, 5.41) is 0. The summed E-state index contributed by atoms with van der Waals surface area (Å²) in [7, 11) is -1.78. The Morgan fingerprint density at radius 2 is 1.56 bits per heavy atom. The van der Waals surface area contributed by atoms with Crippen molar-refractivity contribution < 1.29 is 22.7 Å². The average Bonchev–Trinajstić information content (AvgIpc) is 2.77. The van der Waals surface area contributed by atoms with Gasteiger partial charge in [0.15, 0.2) is 11.5 Å². The highest BCUT2D eigenvalue weighted by molar-refractivity contribution is 7.89. The number of ether oxygens (including phenoxy) is 2. The van der Waals surface area contributed by atoms with E-state index in [0.29, 0.717) is 55.6 Å². The number of amides is 1. The highest BCUT2D eigenvalue weighted by Crippen LogP contribution is 2.56. The van der Waals surface area contributed by atoms with Gasteiger partial charge in [-0.25, -0.2) is 13.1 Å². The Balaban J connectivity index is 0.00000241. The molecule has 4 aliphatic carbocycles. The third-order valence-corrected chi connectivity index (χ3v) is 9.89. The van der Waals surface area contributed by atoms with E-state index in [4.69, 9.17) is 9.47 Å². The van der Waals surface area contributed by atoms with Crippen LogP contribution in [0.25, 0.3) is 0 Å². The summed E-state index contributed by atoms with van der Waals surface area (Å²) >= 11 is 0. The smallest absolute Gasteiger partial charge is 0.257 e. The fraction of sp³-hybridized carbons (Fsp3) is 0.708. The first-order valence-corrected chi connectivity index (χ1v) is 13.7. The zero-order chi connectivity index (χ0) is 22.8. The van der Waals surface area contributed by atoms with Crippen molar-refractivity contribution in [3.05, 3.63) is 17.7 Å². The lowest BCUT2D eigenvalue weighted by atomic mass is 9.53. The van der Waals surface area contributed by atoms with Crippen LogP contribution in [0.1, 0.15) is 48.9 Å². The van der Waals surface area contributed by atoms with Crippen LogP contribution in [-0.4, -0.2) is 76.1 Å². The van der Waals surface area contributed by atoms with Crippen LogP contribution in [-0.2, 0) is 10.0 Å². The minimum Gasteiger partial charge on any atom is -0.486 e. The SMILES string of the molecule is CN1CCN(C(=O)c2cc(S(=O)(=O)NC34CC5CC(CC(C5)C3)C4)cc3c2OCCO3)CC1.Cl. The predicted molar refractivity (Wildman–Crippen MR) is 129 cm³/mol. The van der Waals surface area contributed by atoms with Gasteiger partial charge in [0.2, 0.25) is 10.0 Å². The molecule has 5 fully saturated rings. The van der Waals surface area contributed by atoms with E-state index < -0.39 is 10.0 Å². The first-order chi connectivity index (χ1) is 15.8. The van der Waals surface area contributed by atoms with Crippen molar-refractivity contribution in [1.82, 2.24) is 14.5 Å². The van der Waals surface area contributed by atoms with E-state index in [-0.39, 0.29) is 34.3 Å². The molecule has 8 nitrogen and oxygen atoms in total. The first kappa shape index (κ1) is 24.2. The Labute approximate surface area is 207 Å². The van der Waals surface area contributed by atoms with Gasteiger partial charge < -0.3 is 19.3 Å². The molecule has 1 N–H and O–H groups in total. The molecule has 0 atom stereocenters. The van der Waals surface area contributed by atoms with Crippen LogP contribution in [0.3, 0.4) is 0 Å². The molecule has 2 heterocycles. The quantitative estimate of drug-likeness (QED) is 0.668. The van der Waals surface area contributed by atoms with E-state index in [1.807, 2.05) is 7.05 Å². The van der Waals surface area contributed by atoms with Gasteiger partial charge in [-0.3, -0.25) is 4.79 Å². The normalized spacial score (nSPS) is 32.4. The van der Waals surface area contributed by atoms with Crippen molar-refractivity contribution in [3.63, 3.8) is 0 Å². The molecule has 0 aromatic heterocycles. The second-order valence-electron chi connectivity index (χ2n) is 10.9. The van der Waals surface area contributed by atoms with Gasteiger partial charge in [0, 0.05) is 37.8 Å². The van der Waals surface area contributed by atoms with Gasteiger partial charge in [-0.05, 0) is 69.4 Å². The molecule has 4 bridgehead atoms. The minimum absolute atomic E-state index is 0. The Hall–Kier alpha value is -1.55. The van der Waals surface area contributed by atoms with Crippen LogP contribution in [0.15, 0.2) is 17.0 Å². The molecule has 2 aliphatic heterocycles. The molecule has 34 heavy (non-hydrogen) atoms. The van der Waals surface area contributed by atoms with E-state index in [1.165, 1.54) is 31.4 Å². The van der Waals surface area contributed by atoms with Gasteiger partial charge in [-0.15, -0.1) is 12.4 Å². The molecule has 1 aromatic carbocycles. The van der Waals surface area contributed by atoms with Crippen molar-refractivity contribution >= 4 is 28.3 Å². The zero-order valence-corrected chi connectivity index (χ0v) is 21.3. The van der Waals surface area contributed by atoms with E-state index in [1.54, 1.807) is 4.90 Å². The Kier molecular flexibility index (Phi) is 6.28. The molecule has 10 heteroatoms. The number of rotatable bonds is 4. The number of hydrogen-bond acceptors (Lipinski definition) is 6. The Morgan fingerprint density at radius 1 is 0.971 bits per heavy atom. The van der Waals surface area contributed by atoms with Crippen LogP contribution in [0, 0.1) is 17.8 Å². The topological polar surface area (TPSA) is 88.2 Å². The van der Waals surface area contributed by atoms with Crippen LogP contribution in [0.4, 0.5) is 0 Å². The van der Waals surface area contributed by atoms with Crippen LogP contribution < -0.4 is 14.2 Å². The van der Waals surface area contributed by atoms with E-state index in [2.05, 4.69) is 9.62 Å². The van der Waals surface area contributed by atoms with Gasteiger partial charge in [0.1, 0.15) is 13.2 Å². The largest absolute Gasteiger partial charge is 0.486 e. The van der Waals surface area contributed by atoms with Crippen molar-refractivity contribution in [2.45, 2.75) is 49.0 Å². The Morgan fingerprint density at radius 3 is 2.18 bits per heavy atom. The fourth-order valence-corrected chi connectivity index (χ4v) is 8.67. The molecule has 7 rings (SSSR count). The van der Waals surface area contributed by atoms with Crippen molar-refractivity contribution in [2.24, 2.45) is 17.8 Å². The number of piperazine rings is 1. The standard InChI is InChI=1S/C24H33N3O5S.ClH/c1-26-2-4-27(5-3-26)23(28)20-11-19(12-21-22(20)32-7-6-31-21)33(29,30)25-24-13-16-8-17(14-24)10-18(9-16)15-24;/h11-12,16-18,25H,2-10,13-15H2,1H3;1H. The predicted octanol–water partition coefficient (Wildman–Crippen LogP) is 2.51. The number of hydrogen-bond donors (Lipinski definition) is 1. The van der Waals surface area contributed by atoms with Gasteiger partial charge in [-0.1, -0.05) is 0 Å². The zero-order valence-electron chi connectivity index (χ0n) is 19.6. The molecule has 0 radical (unpaired) electrons. The maximum Gasteiger partial charge on any atom is 0.257 e. The molecular formula is C24H34ClN3O5S. The average molecular weight is 512 g/mol. The summed E-state index contributed by atoms with van der Waals surface area (Å²) in [6, 6.07) is 3.02. The van der Waals surface area contributed by atoms with Crippen molar-refractivity contribution in [3.8, 4) is 11.5 Å². The fourth-order valence-electron chi connectivity index (χ4n) is 7.20. The van der Waals surface area contributed by atoms with E-state index in [9.17, 15) is 13.2 Å². The lowest BCUT2D eigenvalue weighted by Gasteiger charge is -2.56. The number of carbonyl (C=O) groups is 1. The molecular weight excluding hydrogens is 478 g/mol. The number of fused-ring (bicyclic) bond motifs is 1. The highest BCUT2D eigenvalue weighted by atomic mass is 35.5. The highest BCUT2D eigenvalue weighted by Gasteiger charge is 2.52. The lowest BCUT2D eigenvalue weighted by molar-refractivity contribution is -0.00810. The summed E-state index contributed by atoms with van der Waals surface area (Å²) < 4.78 is 42.0. The summed E-state index contributed by atoms with van der Waals surface area (Å²) in [6.07, 6.45) is 6.51. The Bertz CT molecular complexity index is 1040. The van der Waals surface area contributed by atoms with Crippen molar-refractivity contribution in [1.29, 1.82) is 0 Å². The molecule has 4 saturated carbocycles. The number of nitrogens with zero attached hydrogens (tertiary/aromatic N) is 2. The third kappa shape index (κ3) is 4.29. The molecule has 0 unspecified atom stereocenters. The van der Waals surface area contributed by atoms with Gasteiger partial charge in [0.05, 0.1) is 10.5 Å². The maximum atomic E-state index is 13.7. The monoisotopic (exact) mass is 511 g/mol. The van der Waals surface area contributed by atoms with Crippen LogP contribution in [0.5, 0.6) is 11.5 Å². The molecule has 6 aliphatic rings. The van der Waals surface area contributed by atoms with Gasteiger partial charge in [0.25, 0.3) is 5.91 Å². The van der Waals surface area contributed by atoms with Crippen molar-refractivity contribution in [2.75, 3.05) is 46.4 Å². The molecule has 0 spiro atoms. The minimum atomic E-state index is -3.82. The third-order valence-electron chi connectivity index (χ3n) is 8.34. The number of sulfonamides is 1. The summed E-state index contributed by atoms with van der Waals surface area (Å²) in [5.41, 5.74) is -0.0645. The van der Waals surface area contributed by atoms with E-state index in [0.717, 1.165) is 32.4 Å². The number of likely N-dealkylation sites (N-methyl/N-ethyl adjacent to an activating group) is 1. The van der Waals surface area contributed by atoms with Gasteiger partial charge >= 0.3 is 0 Å².